The third-order valence-corrected chi connectivity index (χ3v) is 3.88. The number of carbonyl (C=O) groups is 3. The number of benzene rings is 2. The molecule has 0 saturated heterocycles. The number of carbonyl (C=O) groups excluding carboxylic acids is 3. The highest BCUT2D eigenvalue weighted by Crippen LogP contribution is 2.12. The maximum atomic E-state index is 11.9. The van der Waals surface area contributed by atoms with E-state index in [1.54, 1.807) is 48.5 Å². The van der Waals surface area contributed by atoms with E-state index in [0.717, 1.165) is 12.2 Å². The number of Topliss-reactive ketones (excluding diaryl/α,β-unsaturated/α-hetero) is 1. The molecule has 0 amide bonds. The van der Waals surface area contributed by atoms with Gasteiger partial charge in [-0.05, 0) is 60.4 Å². The summed E-state index contributed by atoms with van der Waals surface area (Å²) < 4.78 is 20.5. The van der Waals surface area contributed by atoms with E-state index in [9.17, 15) is 14.4 Å². The molecule has 0 N–H and O–H groups in total. The molecule has 2 aromatic carbocycles. The van der Waals surface area contributed by atoms with E-state index in [4.69, 9.17) is 18.9 Å². The predicted octanol–water partition coefficient (Wildman–Crippen LogP) is 2.87. The first-order valence-corrected chi connectivity index (χ1v) is 10.1. The zero-order valence-electron chi connectivity index (χ0n) is 18.4. The average molecular weight is 458 g/mol. The number of hydrogen-bond acceptors (Lipinski definition) is 7. The number of rotatable bonds is 10. The summed E-state index contributed by atoms with van der Waals surface area (Å²) in [5, 5.41) is 0. The average Bonchev–Trinajstić information content (AvgIpc) is 2.87. The molecule has 34 heavy (non-hydrogen) atoms. The minimum absolute atomic E-state index is 0.114. The summed E-state index contributed by atoms with van der Waals surface area (Å²) in [6.07, 6.45) is 2.17. The Morgan fingerprint density at radius 2 is 1.03 bits per heavy atom. The standard InChI is InChI=1S/C27H22O7/c1-3-26(29)33-19-17-31-24-13-7-21(8-14-24)5-11-23(28)12-6-22-9-15-25(16-10-22)32-18-20-34-27(30)4-2/h3-4,7-10,13-16H,1-2,17-20H2. The Hall–Kier alpha value is -4.75. The van der Waals surface area contributed by atoms with E-state index < -0.39 is 17.7 Å². The van der Waals surface area contributed by atoms with Gasteiger partial charge in [0.25, 0.3) is 5.78 Å². The lowest BCUT2D eigenvalue weighted by molar-refractivity contribution is -0.139. The second-order valence-corrected chi connectivity index (χ2v) is 6.32. The fourth-order valence-corrected chi connectivity index (χ4v) is 2.28. The molecule has 0 aliphatic heterocycles. The van der Waals surface area contributed by atoms with Crippen molar-refractivity contribution in [1.82, 2.24) is 0 Å². The van der Waals surface area contributed by atoms with Gasteiger partial charge in [-0.15, -0.1) is 0 Å². The highest BCUT2D eigenvalue weighted by atomic mass is 16.6. The van der Waals surface area contributed by atoms with Crippen LogP contribution < -0.4 is 9.47 Å². The van der Waals surface area contributed by atoms with Crippen molar-refractivity contribution in [3.63, 3.8) is 0 Å². The van der Waals surface area contributed by atoms with Crippen LogP contribution in [0.3, 0.4) is 0 Å². The molecular formula is C27H22O7. The number of esters is 2. The molecule has 0 atom stereocenters. The zero-order valence-corrected chi connectivity index (χ0v) is 18.4. The van der Waals surface area contributed by atoms with Gasteiger partial charge in [-0.1, -0.05) is 25.0 Å². The largest absolute Gasteiger partial charge is 0.490 e. The molecule has 0 saturated carbocycles. The monoisotopic (exact) mass is 458 g/mol. The Kier molecular flexibility index (Phi) is 10.8. The minimum atomic E-state index is -0.520. The Morgan fingerprint density at radius 1 is 0.647 bits per heavy atom. The molecule has 172 valence electrons. The first-order chi connectivity index (χ1) is 16.5. The lowest BCUT2D eigenvalue weighted by Crippen LogP contribution is -2.10. The summed E-state index contributed by atoms with van der Waals surface area (Å²) in [5.41, 5.74) is 1.25. The van der Waals surface area contributed by atoms with Crippen LogP contribution in [0.4, 0.5) is 0 Å². The molecule has 7 nitrogen and oxygen atoms in total. The van der Waals surface area contributed by atoms with E-state index in [1.165, 1.54) is 0 Å². The van der Waals surface area contributed by atoms with Crippen molar-refractivity contribution in [2.24, 2.45) is 0 Å². The molecule has 0 aliphatic carbocycles. The van der Waals surface area contributed by atoms with Gasteiger partial charge in [0.05, 0.1) is 0 Å². The van der Waals surface area contributed by atoms with Crippen LogP contribution in [0.2, 0.25) is 0 Å². The van der Waals surface area contributed by atoms with Crippen LogP contribution in [0.15, 0.2) is 73.8 Å². The topological polar surface area (TPSA) is 88.1 Å². The number of ether oxygens (including phenoxy) is 4. The lowest BCUT2D eigenvalue weighted by atomic mass is 10.2. The Labute approximate surface area is 198 Å². The predicted molar refractivity (Wildman–Crippen MR) is 125 cm³/mol. The molecule has 0 aliphatic rings. The summed E-state index contributed by atoms with van der Waals surface area (Å²) in [7, 11) is 0. The van der Waals surface area contributed by atoms with Crippen molar-refractivity contribution in [3.05, 3.63) is 85.0 Å². The molecule has 2 aromatic rings. The van der Waals surface area contributed by atoms with Crippen molar-refractivity contribution >= 4 is 17.7 Å². The van der Waals surface area contributed by atoms with Gasteiger partial charge in [0, 0.05) is 23.3 Å². The van der Waals surface area contributed by atoms with Gasteiger partial charge in [-0.25, -0.2) is 9.59 Å². The smallest absolute Gasteiger partial charge is 0.330 e. The van der Waals surface area contributed by atoms with Gasteiger partial charge >= 0.3 is 11.9 Å². The van der Waals surface area contributed by atoms with Crippen LogP contribution in [-0.2, 0) is 23.9 Å². The maximum absolute atomic E-state index is 11.9. The van der Waals surface area contributed by atoms with Crippen LogP contribution in [0.1, 0.15) is 11.1 Å². The van der Waals surface area contributed by atoms with E-state index in [-0.39, 0.29) is 26.4 Å². The molecule has 0 spiro atoms. The van der Waals surface area contributed by atoms with Crippen molar-refractivity contribution in [1.29, 1.82) is 0 Å². The summed E-state index contributed by atoms with van der Waals surface area (Å²) in [6, 6.07) is 13.6. The van der Waals surface area contributed by atoms with Crippen molar-refractivity contribution < 1.29 is 33.3 Å². The van der Waals surface area contributed by atoms with E-state index in [0.29, 0.717) is 22.6 Å². The summed E-state index contributed by atoms with van der Waals surface area (Å²) >= 11 is 0. The summed E-state index contributed by atoms with van der Waals surface area (Å²) in [5.74, 6) is 10.1. The second-order valence-electron chi connectivity index (χ2n) is 6.32. The molecule has 0 bridgehead atoms. The first-order valence-electron chi connectivity index (χ1n) is 10.1. The van der Waals surface area contributed by atoms with E-state index in [2.05, 4.69) is 36.8 Å². The third kappa shape index (κ3) is 10.0. The molecule has 0 aromatic heterocycles. The quantitative estimate of drug-likeness (QED) is 0.234. The van der Waals surface area contributed by atoms with Crippen LogP contribution >= 0.6 is 0 Å². The maximum Gasteiger partial charge on any atom is 0.330 e. The molecule has 2 rings (SSSR count). The van der Waals surface area contributed by atoms with Gasteiger partial charge < -0.3 is 18.9 Å². The molecule has 0 radical (unpaired) electrons. The molecule has 0 unspecified atom stereocenters. The van der Waals surface area contributed by atoms with E-state index >= 15 is 0 Å². The van der Waals surface area contributed by atoms with Crippen LogP contribution in [-0.4, -0.2) is 44.1 Å². The summed E-state index contributed by atoms with van der Waals surface area (Å²) in [6.45, 7) is 7.25. The third-order valence-electron chi connectivity index (χ3n) is 3.88. The van der Waals surface area contributed by atoms with Crippen LogP contribution in [0, 0.1) is 23.7 Å². The van der Waals surface area contributed by atoms with Gasteiger partial charge in [0.15, 0.2) is 0 Å². The normalized spacial score (nSPS) is 9.18. The number of ketones is 1. The fraction of sp³-hybridized carbons (Fsp3) is 0.148. The highest BCUT2D eigenvalue weighted by molar-refractivity contribution is 6.09. The molecule has 0 heterocycles. The van der Waals surface area contributed by atoms with Crippen LogP contribution in [0.25, 0.3) is 0 Å². The zero-order chi connectivity index (χ0) is 24.6. The van der Waals surface area contributed by atoms with Crippen molar-refractivity contribution in [2.45, 2.75) is 0 Å². The van der Waals surface area contributed by atoms with Gasteiger partial charge in [0.2, 0.25) is 0 Å². The second kappa shape index (κ2) is 14.3. The van der Waals surface area contributed by atoms with Crippen molar-refractivity contribution in [2.75, 3.05) is 26.4 Å². The van der Waals surface area contributed by atoms with Crippen molar-refractivity contribution in [3.8, 4) is 35.2 Å². The lowest BCUT2D eigenvalue weighted by Gasteiger charge is -2.06. The molecule has 0 fully saturated rings. The first kappa shape index (κ1) is 25.5. The van der Waals surface area contributed by atoms with Gasteiger partial charge in [0.1, 0.15) is 37.9 Å². The van der Waals surface area contributed by atoms with E-state index in [1.807, 2.05) is 0 Å². The SMILES string of the molecule is C=CC(=O)OCCOc1ccc(C#CC(=O)C#Cc2ccc(OCCOC(=O)C=C)cc2)cc1. The molecule has 7 heteroatoms. The Morgan fingerprint density at radius 3 is 1.38 bits per heavy atom. The Bertz CT molecular complexity index is 1050. The highest BCUT2D eigenvalue weighted by Gasteiger charge is 1.99. The Balaban J connectivity index is 1.79. The van der Waals surface area contributed by atoms with Gasteiger partial charge in [-0.2, -0.15) is 0 Å². The minimum Gasteiger partial charge on any atom is -0.490 e. The number of hydrogen-bond donors (Lipinski definition) is 0. The van der Waals surface area contributed by atoms with Gasteiger partial charge in [-0.3, -0.25) is 4.79 Å². The summed E-state index contributed by atoms with van der Waals surface area (Å²) in [4.78, 5) is 33.8. The fourth-order valence-electron chi connectivity index (χ4n) is 2.28. The molecular weight excluding hydrogens is 436 g/mol. The van der Waals surface area contributed by atoms with Crippen LogP contribution in [0.5, 0.6) is 11.5 Å².